The summed E-state index contributed by atoms with van der Waals surface area (Å²) in [6, 6.07) is 15.0. The minimum Gasteiger partial charge on any atom is -0.325 e. The van der Waals surface area contributed by atoms with Crippen molar-refractivity contribution in [1.82, 2.24) is 19.7 Å². The molecule has 25 heavy (non-hydrogen) atoms. The molecule has 6 nitrogen and oxygen atoms in total. The molecule has 0 bridgehead atoms. The summed E-state index contributed by atoms with van der Waals surface area (Å²) < 4.78 is 1.90. The Balaban J connectivity index is 1.71. The van der Waals surface area contributed by atoms with Crippen LogP contribution in [0.15, 0.2) is 72.5 Å². The SMILES string of the molecule is C=CCn1c(SCC(=O)Nc2ccccc2)nnc1-c1ccccn1. The molecule has 0 radical (unpaired) electrons. The summed E-state index contributed by atoms with van der Waals surface area (Å²) in [4.78, 5) is 16.4. The third kappa shape index (κ3) is 4.33. The second-order valence-corrected chi connectivity index (χ2v) is 6.07. The quantitative estimate of drug-likeness (QED) is 0.522. The molecule has 0 unspecified atom stereocenters. The molecular weight excluding hydrogens is 334 g/mol. The zero-order valence-electron chi connectivity index (χ0n) is 13.5. The Morgan fingerprint density at radius 1 is 1.16 bits per heavy atom. The number of rotatable bonds is 7. The van der Waals surface area contributed by atoms with Crippen molar-refractivity contribution in [3.8, 4) is 11.5 Å². The number of anilines is 1. The van der Waals surface area contributed by atoms with E-state index >= 15 is 0 Å². The number of benzene rings is 1. The van der Waals surface area contributed by atoms with Gasteiger partial charge in [-0.3, -0.25) is 14.3 Å². The van der Waals surface area contributed by atoms with Gasteiger partial charge in [-0.15, -0.1) is 16.8 Å². The predicted molar refractivity (Wildman–Crippen MR) is 99.2 cm³/mol. The Kier molecular flexibility index (Phi) is 5.58. The second kappa shape index (κ2) is 8.25. The third-order valence-corrected chi connectivity index (χ3v) is 4.28. The molecule has 2 aromatic heterocycles. The first kappa shape index (κ1) is 16.9. The minimum absolute atomic E-state index is 0.0938. The van der Waals surface area contributed by atoms with Crippen molar-refractivity contribution >= 4 is 23.4 Å². The first-order valence-electron chi connectivity index (χ1n) is 7.71. The highest BCUT2D eigenvalue weighted by Gasteiger charge is 2.15. The molecule has 0 aliphatic heterocycles. The molecule has 0 spiro atoms. The van der Waals surface area contributed by atoms with Gasteiger partial charge in [-0.05, 0) is 24.3 Å². The average Bonchev–Trinajstić information content (AvgIpc) is 3.05. The van der Waals surface area contributed by atoms with Crippen LogP contribution in [-0.2, 0) is 11.3 Å². The number of nitrogens with one attached hydrogen (secondary N) is 1. The smallest absolute Gasteiger partial charge is 0.234 e. The highest BCUT2D eigenvalue weighted by molar-refractivity contribution is 7.99. The molecule has 0 aliphatic rings. The molecular formula is C18H17N5OS. The van der Waals surface area contributed by atoms with E-state index in [1.165, 1.54) is 11.8 Å². The lowest BCUT2D eigenvalue weighted by Crippen LogP contribution is -2.14. The van der Waals surface area contributed by atoms with E-state index in [2.05, 4.69) is 27.1 Å². The number of amides is 1. The highest BCUT2D eigenvalue weighted by Crippen LogP contribution is 2.23. The van der Waals surface area contributed by atoms with Crippen molar-refractivity contribution in [3.63, 3.8) is 0 Å². The minimum atomic E-state index is -0.0938. The summed E-state index contributed by atoms with van der Waals surface area (Å²) in [7, 11) is 0. The summed E-state index contributed by atoms with van der Waals surface area (Å²) in [5.41, 5.74) is 1.51. The first-order chi connectivity index (χ1) is 12.3. The number of nitrogens with zero attached hydrogens (tertiary/aromatic N) is 4. The molecule has 0 fully saturated rings. The van der Waals surface area contributed by atoms with Crippen LogP contribution < -0.4 is 5.32 Å². The van der Waals surface area contributed by atoms with Crippen molar-refractivity contribution in [3.05, 3.63) is 67.4 Å². The predicted octanol–water partition coefficient (Wildman–Crippen LogP) is 3.26. The van der Waals surface area contributed by atoms with E-state index in [1.807, 2.05) is 53.1 Å². The molecule has 3 rings (SSSR count). The van der Waals surface area contributed by atoms with Gasteiger partial charge in [0.15, 0.2) is 11.0 Å². The van der Waals surface area contributed by atoms with Crippen molar-refractivity contribution < 1.29 is 4.79 Å². The van der Waals surface area contributed by atoms with E-state index in [0.29, 0.717) is 17.5 Å². The molecule has 0 atom stereocenters. The normalized spacial score (nSPS) is 10.4. The molecule has 3 aromatic rings. The fourth-order valence-electron chi connectivity index (χ4n) is 2.22. The summed E-state index contributed by atoms with van der Waals surface area (Å²) >= 11 is 1.33. The first-order valence-corrected chi connectivity index (χ1v) is 8.69. The molecule has 0 aliphatic carbocycles. The molecule has 126 valence electrons. The van der Waals surface area contributed by atoms with Crippen LogP contribution >= 0.6 is 11.8 Å². The lowest BCUT2D eigenvalue weighted by molar-refractivity contribution is -0.113. The molecule has 0 saturated heterocycles. The molecule has 1 aromatic carbocycles. The van der Waals surface area contributed by atoms with E-state index in [-0.39, 0.29) is 11.7 Å². The van der Waals surface area contributed by atoms with Gasteiger partial charge in [0, 0.05) is 18.4 Å². The fourth-order valence-corrected chi connectivity index (χ4v) is 2.97. The Labute approximate surface area is 150 Å². The van der Waals surface area contributed by atoms with Crippen molar-refractivity contribution in [2.45, 2.75) is 11.7 Å². The molecule has 0 saturated carbocycles. The number of hydrogen-bond donors (Lipinski definition) is 1. The maximum atomic E-state index is 12.1. The van der Waals surface area contributed by atoms with Gasteiger partial charge in [-0.25, -0.2) is 0 Å². The zero-order valence-corrected chi connectivity index (χ0v) is 14.3. The number of allylic oxidation sites excluding steroid dienone is 1. The van der Waals surface area contributed by atoms with Gasteiger partial charge in [-0.1, -0.05) is 42.1 Å². The van der Waals surface area contributed by atoms with Crippen LogP contribution in [0.1, 0.15) is 0 Å². The number of hydrogen-bond acceptors (Lipinski definition) is 5. The fraction of sp³-hybridized carbons (Fsp3) is 0.111. The van der Waals surface area contributed by atoms with Crippen molar-refractivity contribution in [2.24, 2.45) is 0 Å². The Morgan fingerprint density at radius 2 is 1.96 bits per heavy atom. The Hall–Kier alpha value is -2.93. The number of aromatic nitrogens is 4. The van der Waals surface area contributed by atoms with Crippen LogP contribution in [0.5, 0.6) is 0 Å². The van der Waals surface area contributed by atoms with Gasteiger partial charge in [0.25, 0.3) is 0 Å². The van der Waals surface area contributed by atoms with Crippen LogP contribution in [0, 0.1) is 0 Å². The average molecular weight is 351 g/mol. The third-order valence-electron chi connectivity index (χ3n) is 3.31. The van der Waals surface area contributed by atoms with E-state index in [0.717, 1.165) is 11.4 Å². The number of carbonyl (C=O) groups is 1. The summed E-state index contributed by atoms with van der Waals surface area (Å²) in [5, 5.41) is 11.9. The van der Waals surface area contributed by atoms with Gasteiger partial charge >= 0.3 is 0 Å². The lowest BCUT2D eigenvalue weighted by atomic mass is 10.3. The highest BCUT2D eigenvalue weighted by atomic mass is 32.2. The van der Waals surface area contributed by atoms with Crippen molar-refractivity contribution in [2.75, 3.05) is 11.1 Å². The molecule has 1 amide bonds. The van der Waals surface area contributed by atoms with Gasteiger partial charge in [0.05, 0.1) is 5.75 Å². The molecule has 7 heteroatoms. The number of carbonyl (C=O) groups excluding carboxylic acids is 1. The maximum absolute atomic E-state index is 12.1. The standard InChI is InChI=1S/C18H17N5OS/c1-2-12-23-17(15-10-6-7-11-19-15)21-22-18(23)25-13-16(24)20-14-8-4-3-5-9-14/h2-11H,1,12-13H2,(H,20,24). The Bertz CT molecular complexity index is 848. The Morgan fingerprint density at radius 3 is 2.68 bits per heavy atom. The van der Waals surface area contributed by atoms with Crippen LogP contribution in [0.25, 0.3) is 11.5 Å². The zero-order chi connectivity index (χ0) is 17.5. The van der Waals surface area contributed by atoms with E-state index in [4.69, 9.17) is 0 Å². The van der Waals surface area contributed by atoms with Gasteiger partial charge in [0.1, 0.15) is 5.69 Å². The number of pyridine rings is 1. The van der Waals surface area contributed by atoms with E-state index in [9.17, 15) is 4.79 Å². The molecule has 2 heterocycles. The van der Waals surface area contributed by atoms with Gasteiger partial charge < -0.3 is 5.32 Å². The largest absolute Gasteiger partial charge is 0.325 e. The topological polar surface area (TPSA) is 72.7 Å². The summed E-state index contributed by atoms with van der Waals surface area (Å²) in [5.74, 6) is 0.807. The van der Waals surface area contributed by atoms with E-state index in [1.54, 1.807) is 12.3 Å². The van der Waals surface area contributed by atoms with Gasteiger partial charge in [-0.2, -0.15) is 0 Å². The maximum Gasteiger partial charge on any atom is 0.234 e. The second-order valence-electron chi connectivity index (χ2n) is 5.12. The van der Waals surface area contributed by atoms with Crippen LogP contribution in [-0.4, -0.2) is 31.4 Å². The molecule has 1 N–H and O–H groups in total. The van der Waals surface area contributed by atoms with Crippen LogP contribution in [0.3, 0.4) is 0 Å². The number of thioether (sulfide) groups is 1. The van der Waals surface area contributed by atoms with Crippen LogP contribution in [0.2, 0.25) is 0 Å². The van der Waals surface area contributed by atoms with Crippen LogP contribution in [0.4, 0.5) is 5.69 Å². The van der Waals surface area contributed by atoms with Crippen molar-refractivity contribution in [1.29, 1.82) is 0 Å². The lowest BCUT2D eigenvalue weighted by Gasteiger charge is -2.07. The summed E-state index contributed by atoms with van der Waals surface area (Å²) in [6.07, 6.45) is 3.48. The summed E-state index contributed by atoms with van der Waals surface area (Å²) in [6.45, 7) is 4.32. The number of para-hydroxylation sites is 1. The van der Waals surface area contributed by atoms with Gasteiger partial charge in [0.2, 0.25) is 5.91 Å². The van der Waals surface area contributed by atoms with E-state index < -0.39 is 0 Å². The monoisotopic (exact) mass is 351 g/mol.